The third kappa shape index (κ3) is 5.43. The molecule has 1 amide bonds. The predicted molar refractivity (Wildman–Crippen MR) is 98.6 cm³/mol. The van der Waals surface area contributed by atoms with Crippen molar-refractivity contribution in [3.05, 3.63) is 59.2 Å². The molecular weight excluding hydrogens is 350 g/mol. The molecule has 1 aliphatic rings. The number of benzene rings is 2. The SMILES string of the molecule is COCOc1cc(COC(=O)Nc2ccc(C)cc2)ccc1C1OCCO1. The third-order valence-corrected chi connectivity index (χ3v) is 3.95. The van der Waals surface area contributed by atoms with Crippen molar-refractivity contribution in [1.82, 2.24) is 0 Å². The average molecular weight is 373 g/mol. The Labute approximate surface area is 158 Å². The lowest BCUT2D eigenvalue weighted by Crippen LogP contribution is -2.13. The van der Waals surface area contributed by atoms with Gasteiger partial charge in [0.2, 0.25) is 0 Å². The molecule has 7 heteroatoms. The van der Waals surface area contributed by atoms with Crippen molar-refractivity contribution >= 4 is 11.8 Å². The van der Waals surface area contributed by atoms with Gasteiger partial charge < -0.3 is 23.7 Å². The fraction of sp³-hybridized carbons (Fsp3) is 0.350. The van der Waals surface area contributed by atoms with E-state index in [-0.39, 0.29) is 13.4 Å². The molecule has 0 aliphatic carbocycles. The van der Waals surface area contributed by atoms with Crippen molar-refractivity contribution in [1.29, 1.82) is 0 Å². The van der Waals surface area contributed by atoms with Crippen LogP contribution in [0, 0.1) is 6.92 Å². The molecule has 0 bridgehead atoms. The van der Waals surface area contributed by atoms with E-state index in [9.17, 15) is 4.79 Å². The van der Waals surface area contributed by atoms with Crippen LogP contribution in [0.4, 0.5) is 10.5 Å². The van der Waals surface area contributed by atoms with Crippen molar-refractivity contribution in [2.24, 2.45) is 0 Å². The van der Waals surface area contributed by atoms with Crippen LogP contribution >= 0.6 is 0 Å². The standard InChI is InChI=1S/C20H23NO6/c1-14-3-6-16(7-4-14)21-20(22)26-12-15-5-8-17(19-24-9-10-25-19)18(11-15)27-13-23-2/h3-8,11,19H,9-10,12-13H2,1-2H3,(H,21,22). The first-order valence-corrected chi connectivity index (χ1v) is 8.64. The number of carbonyl (C=O) groups excluding carboxylic acids is 1. The lowest BCUT2D eigenvalue weighted by molar-refractivity contribution is -0.0477. The van der Waals surface area contributed by atoms with Gasteiger partial charge in [0.05, 0.1) is 13.2 Å². The van der Waals surface area contributed by atoms with Crippen LogP contribution in [0.2, 0.25) is 0 Å². The summed E-state index contributed by atoms with van der Waals surface area (Å²) in [6.45, 7) is 3.26. The zero-order chi connectivity index (χ0) is 19.1. The summed E-state index contributed by atoms with van der Waals surface area (Å²) in [5.74, 6) is 0.573. The molecule has 2 aromatic carbocycles. The van der Waals surface area contributed by atoms with E-state index in [2.05, 4.69) is 5.32 Å². The highest BCUT2D eigenvalue weighted by Gasteiger charge is 2.22. The number of aryl methyl sites for hydroxylation is 1. The van der Waals surface area contributed by atoms with Crippen LogP contribution in [0.25, 0.3) is 0 Å². The third-order valence-electron chi connectivity index (χ3n) is 3.95. The highest BCUT2D eigenvalue weighted by molar-refractivity contribution is 5.84. The number of hydrogen-bond donors (Lipinski definition) is 1. The quantitative estimate of drug-likeness (QED) is 0.745. The monoisotopic (exact) mass is 373 g/mol. The van der Waals surface area contributed by atoms with Gasteiger partial charge in [-0.25, -0.2) is 4.79 Å². The predicted octanol–water partition coefficient (Wildman–Crippen LogP) is 3.77. The zero-order valence-electron chi connectivity index (χ0n) is 15.4. The largest absolute Gasteiger partial charge is 0.467 e. The second-order valence-corrected chi connectivity index (χ2v) is 6.06. The second-order valence-electron chi connectivity index (χ2n) is 6.06. The molecule has 0 aromatic heterocycles. The van der Waals surface area contributed by atoms with Crippen molar-refractivity contribution in [2.75, 3.05) is 32.4 Å². The van der Waals surface area contributed by atoms with E-state index in [4.69, 9.17) is 23.7 Å². The highest BCUT2D eigenvalue weighted by Crippen LogP contribution is 2.32. The van der Waals surface area contributed by atoms with E-state index in [1.807, 2.05) is 43.3 Å². The molecule has 0 saturated carbocycles. The van der Waals surface area contributed by atoms with Gasteiger partial charge in [0.15, 0.2) is 13.1 Å². The Balaban J connectivity index is 1.61. The van der Waals surface area contributed by atoms with E-state index in [1.165, 1.54) is 0 Å². The maximum Gasteiger partial charge on any atom is 0.411 e. The van der Waals surface area contributed by atoms with Crippen molar-refractivity contribution in [3.8, 4) is 5.75 Å². The number of rotatable bonds is 7. The van der Waals surface area contributed by atoms with Crippen LogP contribution in [-0.2, 0) is 25.6 Å². The molecule has 1 heterocycles. The maximum atomic E-state index is 12.0. The average Bonchev–Trinajstić information content (AvgIpc) is 3.21. The molecule has 0 atom stereocenters. The summed E-state index contributed by atoms with van der Waals surface area (Å²) in [5.41, 5.74) is 3.35. The van der Waals surface area contributed by atoms with Crippen LogP contribution in [0.3, 0.4) is 0 Å². The van der Waals surface area contributed by atoms with Gasteiger partial charge in [-0.3, -0.25) is 5.32 Å². The minimum atomic E-state index is -0.523. The van der Waals surface area contributed by atoms with Gasteiger partial charge in [-0.05, 0) is 36.8 Å². The van der Waals surface area contributed by atoms with Gasteiger partial charge in [-0.15, -0.1) is 0 Å². The highest BCUT2D eigenvalue weighted by atomic mass is 16.7. The summed E-state index contributed by atoms with van der Waals surface area (Å²) in [6, 6.07) is 13.0. The molecule has 0 spiro atoms. The van der Waals surface area contributed by atoms with E-state index in [0.717, 1.165) is 16.7 Å². The molecule has 3 rings (SSSR count). The molecule has 0 unspecified atom stereocenters. The summed E-state index contributed by atoms with van der Waals surface area (Å²) < 4.78 is 26.9. The lowest BCUT2D eigenvalue weighted by Gasteiger charge is -2.16. The number of methoxy groups -OCH3 is 1. The minimum Gasteiger partial charge on any atom is -0.467 e. The fourth-order valence-corrected chi connectivity index (χ4v) is 2.59. The Hall–Kier alpha value is -2.61. The normalized spacial score (nSPS) is 14.1. The summed E-state index contributed by atoms with van der Waals surface area (Å²) in [5, 5.41) is 2.69. The van der Waals surface area contributed by atoms with E-state index >= 15 is 0 Å². The first-order chi connectivity index (χ1) is 13.2. The maximum absolute atomic E-state index is 12.0. The molecule has 1 N–H and O–H groups in total. The van der Waals surface area contributed by atoms with Crippen LogP contribution < -0.4 is 10.1 Å². The molecule has 27 heavy (non-hydrogen) atoms. The first kappa shape index (κ1) is 19.2. The molecular formula is C20H23NO6. The van der Waals surface area contributed by atoms with Crippen LogP contribution in [0.15, 0.2) is 42.5 Å². The summed E-state index contributed by atoms with van der Waals surface area (Å²) in [4.78, 5) is 12.0. The Morgan fingerprint density at radius 3 is 2.59 bits per heavy atom. The fourth-order valence-electron chi connectivity index (χ4n) is 2.59. The molecule has 1 saturated heterocycles. The zero-order valence-corrected chi connectivity index (χ0v) is 15.4. The molecule has 0 radical (unpaired) electrons. The summed E-state index contributed by atoms with van der Waals surface area (Å²) in [6.07, 6.45) is -0.985. The molecule has 2 aromatic rings. The van der Waals surface area contributed by atoms with Crippen LogP contribution in [0.5, 0.6) is 5.75 Å². The van der Waals surface area contributed by atoms with Gasteiger partial charge in [-0.1, -0.05) is 23.8 Å². The molecule has 1 fully saturated rings. The van der Waals surface area contributed by atoms with E-state index in [1.54, 1.807) is 13.2 Å². The second kappa shape index (κ2) is 9.36. The number of amides is 1. The number of anilines is 1. The van der Waals surface area contributed by atoms with Crippen LogP contribution in [0.1, 0.15) is 23.0 Å². The van der Waals surface area contributed by atoms with Gasteiger partial charge in [0.25, 0.3) is 0 Å². The molecule has 1 aliphatic heterocycles. The van der Waals surface area contributed by atoms with E-state index in [0.29, 0.717) is 24.7 Å². The smallest absolute Gasteiger partial charge is 0.411 e. The Bertz CT molecular complexity index is 756. The van der Waals surface area contributed by atoms with Crippen molar-refractivity contribution < 1.29 is 28.5 Å². The number of carbonyl (C=O) groups is 1. The molecule has 144 valence electrons. The number of hydrogen-bond acceptors (Lipinski definition) is 6. The van der Waals surface area contributed by atoms with Crippen molar-refractivity contribution in [2.45, 2.75) is 19.8 Å². The van der Waals surface area contributed by atoms with Gasteiger partial charge in [0.1, 0.15) is 12.4 Å². The number of nitrogens with one attached hydrogen (secondary N) is 1. The first-order valence-electron chi connectivity index (χ1n) is 8.64. The van der Waals surface area contributed by atoms with Gasteiger partial charge in [0, 0.05) is 18.4 Å². The van der Waals surface area contributed by atoms with E-state index < -0.39 is 12.4 Å². The summed E-state index contributed by atoms with van der Waals surface area (Å²) >= 11 is 0. The number of ether oxygens (including phenoxy) is 5. The lowest BCUT2D eigenvalue weighted by atomic mass is 10.1. The van der Waals surface area contributed by atoms with Gasteiger partial charge >= 0.3 is 6.09 Å². The topological polar surface area (TPSA) is 75.3 Å². The van der Waals surface area contributed by atoms with Crippen molar-refractivity contribution in [3.63, 3.8) is 0 Å². The molecule has 7 nitrogen and oxygen atoms in total. The van der Waals surface area contributed by atoms with Gasteiger partial charge in [-0.2, -0.15) is 0 Å². The van der Waals surface area contributed by atoms with Crippen LogP contribution in [-0.4, -0.2) is 33.2 Å². The Morgan fingerprint density at radius 2 is 1.89 bits per heavy atom. The Morgan fingerprint density at radius 1 is 1.15 bits per heavy atom. The minimum absolute atomic E-state index is 0.0952. The summed E-state index contributed by atoms with van der Waals surface area (Å²) in [7, 11) is 1.55. The Kier molecular flexibility index (Phi) is 6.64.